The first-order chi connectivity index (χ1) is 20.6. The van der Waals surface area contributed by atoms with Crippen molar-refractivity contribution in [2.24, 2.45) is 0 Å². The minimum atomic E-state index is -0.186. The first kappa shape index (κ1) is 23.5. The number of hydrogen-bond acceptors (Lipinski definition) is 2. The predicted octanol–water partition coefficient (Wildman–Crippen LogP) is 10.9. The average molecular weight is 538 g/mol. The highest BCUT2D eigenvalue weighted by Gasteiger charge is 2.39. The fourth-order valence-electron chi connectivity index (χ4n) is 7.40. The van der Waals surface area contributed by atoms with Gasteiger partial charge in [-0.2, -0.15) is 0 Å². The fraction of sp³-hybridized carbons (Fsp3) is 0.0750. The number of para-hydroxylation sites is 2. The number of furan rings is 1. The van der Waals surface area contributed by atoms with Crippen LogP contribution in [0, 0.1) is 0 Å². The largest absolute Gasteiger partial charge is 0.455 e. The second-order valence-electron chi connectivity index (χ2n) is 11.9. The Hall–Kier alpha value is -5.21. The highest BCUT2D eigenvalue weighted by atomic mass is 16.3. The van der Waals surface area contributed by atoms with Crippen LogP contribution in [0.3, 0.4) is 0 Å². The molecule has 0 bridgehead atoms. The van der Waals surface area contributed by atoms with E-state index in [-0.39, 0.29) is 5.41 Å². The molecular formula is C40H27NO. The minimum absolute atomic E-state index is 0.186. The van der Waals surface area contributed by atoms with E-state index in [2.05, 4.69) is 135 Å². The summed E-state index contributed by atoms with van der Waals surface area (Å²) >= 11 is 0. The molecule has 0 fully saturated rings. The molecule has 1 aliphatic rings. The van der Waals surface area contributed by atoms with Gasteiger partial charge in [0.15, 0.2) is 0 Å². The highest BCUT2D eigenvalue weighted by molar-refractivity contribution is 6.17. The van der Waals surface area contributed by atoms with E-state index in [4.69, 9.17) is 9.40 Å². The zero-order valence-corrected chi connectivity index (χ0v) is 23.5. The molecule has 0 saturated heterocycles. The lowest BCUT2D eigenvalue weighted by atomic mass is 9.79. The van der Waals surface area contributed by atoms with Crippen molar-refractivity contribution in [3.63, 3.8) is 0 Å². The molecule has 2 nitrogen and oxygen atoms in total. The lowest BCUT2D eigenvalue weighted by Gasteiger charge is -2.24. The molecule has 1 aliphatic carbocycles. The van der Waals surface area contributed by atoms with Crippen LogP contribution >= 0.6 is 0 Å². The van der Waals surface area contributed by atoms with E-state index in [1.165, 1.54) is 44.0 Å². The first-order valence-electron chi connectivity index (χ1n) is 14.6. The highest BCUT2D eigenvalue weighted by Crippen LogP contribution is 2.55. The van der Waals surface area contributed by atoms with Gasteiger partial charge < -0.3 is 4.42 Å². The van der Waals surface area contributed by atoms with Gasteiger partial charge in [-0.05, 0) is 50.9 Å². The van der Waals surface area contributed by atoms with Crippen LogP contribution < -0.4 is 0 Å². The molecule has 0 unspecified atom stereocenters. The molecule has 0 N–H and O–H groups in total. The molecule has 198 valence electrons. The van der Waals surface area contributed by atoms with Gasteiger partial charge in [-0.15, -0.1) is 0 Å². The van der Waals surface area contributed by atoms with Gasteiger partial charge in [0.1, 0.15) is 11.2 Å². The number of hydrogen-bond donors (Lipinski definition) is 0. The summed E-state index contributed by atoms with van der Waals surface area (Å²) in [5.74, 6) is 0. The Bertz CT molecular complexity index is 2380. The lowest BCUT2D eigenvalue weighted by Crippen LogP contribution is -2.16. The summed E-state index contributed by atoms with van der Waals surface area (Å²) in [7, 11) is 0. The van der Waals surface area contributed by atoms with Crippen molar-refractivity contribution < 1.29 is 4.42 Å². The Kier molecular flexibility index (Phi) is 4.70. The minimum Gasteiger partial charge on any atom is -0.455 e. The van der Waals surface area contributed by atoms with Gasteiger partial charge in [-0.25, -0.2) is 0 Å². The van der Waals surface area contributed by atoms with Gasteiger partial charge in [-0.1, -0.05) is 123 Å². The molecule has 2 heterocycles. The van der Waals surface area contributed by atoms with Crippen LogP contribution in [-0.2, 0) is 5.41 Å². The summed E-state index contributed by atoms with van der Waals surface area (Å²) in [5, 5.41) is 6.01. The van der Waals surface area contributed by atoms with Crippen molar-refractivity contribution in [1.82, 2.24) is 4.98 Å². The molecule has 8 aromatic rings. The van der Waals surface area contributed by atoms with Gasteiger partial charge in [-0.3, -0.25) is 4.98 Å². The van der Waals surface area contributed by atoms with Crippen LogP contribution in [0.1, 0.15) is 25.0 Å². The molecule has 0 radical (unpaired) electrons. The van der Waals surface area contributed by atoms with Crippen LogP contribution in [0.4, 0.5) is 0 Å². The van der Waals surface area contributed by atoms with Gasteiger partial charge in [0.25, 0.3) is 0 Å². The van der Waals surface area contributed by atoms with Gasteiger partial charge in [0.2, 0.25) is 0 Å². The van der Waals surface area contributed by atoms with E-state index in [1.54, 1.807) is 0 Å². The summed E-state index contributed by atoms with van der Waals surface area (Å²) in [4.78, 5) is 4.85. The Balaban J connectivity index is 1.29. The molecule has 9 rings (SSSR count). The van der Waals surface area contributed by atoms with E-state index in [0.717, 1.165) is 44.1 Å². The van der Waals surface area contributed by atoms with E-state index < -0.39 is 0 Å². The van der Waals surface area contributed by atoms with Gasteiger partial charge in [0, 0.05) is 44.3 Å². The van der Waals surface area contributed by atoms with Crippen LogP contribution in [0.25, 0.3) is 77.0 Å². The first-order valence-corrected chi connectivity index (χ1v) is 14.6. The van der Waals surface area contributed by atoms with Crippen LogP contribution in [-0.4, -0.2) is 4.98 Å². The zero-order chi connectivity index (χ0) is 28.0. The van der Waals surface area contributed by atoms with E-state index in [0.29, 0.717) is 0 Å². The van der Waals surface area contributed by atoms with Crippen molar-refractivity contribution in [3.8, 4) is 33.4 Å². The van der Waals surface area contributed by atoms with Gasteiger partial charge >= 0.3 is 0 Å². The fourth-order valence-corrected chi connectivity index (χ4v) is 7.40. The Morgan fingerprint density at radius 3 is 1.93 bits per heavy atom. The summed E-state index contributed by atoms with van der Waals surface area (Å²) in [6.07, 6.45) is 1.91. The van der Waals surface area contributed by atoms with Crippen LogP contribution in [0.5, 0.6) is 0 Å². The monoisotopic (exact) mass is 537 g/mol. The number of benzene rings is 6. The number of rotatable bonds is 2. The third kappa shape index (κ3) is 3.07. The maximum atomic E-state index is 6.76. The molecule has 2 heteroatoms. The number of pyridine rings is 1. The lowest BCUT2D eigenvalue weighted by molar-refractivity contribution is 0.665. The van der Waals surface area contributed by atoms with Gasteiger partial charge in [0.05, 0.1) is 5.52 Å². The maximum absolute atomic E-state index is 6.76. The Morgan fingerprint density at radius 2 is 1.17 bits per heavy atom. The summed E-state index contributed by atoms with van der Waals surface area (Å²) in [6.45, 7) is 4.72. The van der Waals surface area contributed by atoms with Crippen molar-refractivity contribution in [3.05, 3.63) is 139 Å². The standard InChI is InChI=1S/C40H27NO/c1-40(2)34-23-25(20-21-32(34)35-28-13-6-7-14-29(28)37-33(36(35)40)19-10-22-41-37)27-16-9-18-31-30-17-8-15-26(38(30)42-39(27)31)24-11-4-3-5-12-24/h3-23H,1-2H3. The molecule has 0 atom stereocenters. The topological polar surface area (TPSA) is 26.0 Å². The van der Waals surface area contributed by atoms with Crippen molar-refractivity contribution in [1.29, 1.82) is 0 Å². The second kappa shape index (κ2) is 8.41. The molecule has 2 aromatic heterocycles. The van der Waals surface area contributed by atoms with Crippen LogP contribution in [0.15, 0.2) is 132 Å². The number of fused-ring (bicyclic) bond motifs is 11. The number of nitrogens with zero attached hydrogens (tertiary/aromatic N) is 1. The average Bonchev–Trinajstić information content (AvgIpc) is 3.54. The second-order valence-corrected chi connectivity index (χ2v) is 11.9. The Morgan fingerprint density at radius 1 is 0.524 bits per heavy atom. The third-order valence-electron chi connectivity index (χ3n) is 9.29. The van der Waals surface area contributed by atoms with E-state index in [1.807, 2.05) is 6.20 Å². The molecular weight excluding hydrogens is 510 g/mol. The van der Waals surface area contributed by atoms with Crippen molar-refractivity contribution in [2.45, 2.75) is 19.3 Å². The molecule has 0 amide bonds. The van der Waals surface area contributed by atoms with E-state index >= 15 is 0 Å². The maximum Gasteiger partial charge on any atom is 0.143 e. The summed E-state index contributed by atoms with van der Waals surface area (Å²) in [6, 6.07) is 43.5. The van der Waals surface area contributed by atoms with Crippen molar-refractivity contribution >= 4 is 43.6 Å². The quantitative estimate of drug-likeness (QED) is 0.205. The zero-order valence-electron chi connectivity index (χ0n) is 23.5. The van der Waals surface area contributed by atoms with Crippen molar-refractivity contribution in [2.75, 3.05) is 0 Å². The molecule has 0 spiro atoms. The van der Waals surface area contributed by atoms with Crippen LogP contribution in [0.2, 0.25) is 0 Å². The van der Waals surface area contributed by atoms with E-state index in [9.17, 15) is 0 Å². The summed E-state index contributed by atoms with van der Waals surface area (Å²) in [5.41, 5.74) is 12.7. The Labute approximate surface area is 243 Å². The third-order valence-corrected chi connectivity index (χ3v) is 9.29. The molecule has 42 heavy (non-hydrogen) atoms. The summed E-state index contributed by atoms with van der Waals surface area (Å²) < 4.78 is 6.76. The predicted molar refractivity (Wildman–Crippen MR) is 175 cm³/mol. The SMILES string of the molecule is CC1(C)c2cc(-c3cccc4c3oc3c(-c5ccccc5)cccc34)ccc2-c2c1c1cccnc1c1ccccc21. The number of aromatic nitrogens is 1. The normalized spacial score (nSPS) is 13.7. The molecule has 0 aliphatic heterocycles. The smallest absolute Gasteiger partial charge is 0.143 e. The molecule has 0 saturated carbocycles. The molecule has 6 aromatic carbocycles.